The Bertz CT molecular complexity index is 1610. The molecule has 11 heteroatoms. The van der Waals surface area contributed by atoms with E-state index < -0.39 is 0 Å². The van der Waals surface area contributed by atoms with E-state index in [0.29, 0.717) is 35.3 Å². The van der Waals surface area contributed by atoms with Gasteiger partial charge in [-0.15, -0.1) is 11.8 Å². The van der Waals surface area contributed by atoms with Crippen LogP contribution in [-0.4, -0.2) is 80.4 Å². The second-order valence-electron chi connectivity index (χ2n) is 11.9. The minimum absolute atomic E-state index is 0.269. The molecule has 0 unspecified atom stereocenters. The first kappa shape index (κ1) is 30.2. The van der Waals surface area contributed by atoms with Crippen molar-refractivity contribution in [3.8, 4) is 5.75 Å². The largest absolute Gasteiger partial charge is 0.495 e. The van der Waals surface area contributed by atoms with Crippen LogP contribution in [-0.2, 0) is 4.79 Å². The maximum Gasteiger partial charge on any atom is 0.236 e. The Balaban J connectivity index is 1.19. The minimum Gasteiger partial charge on any atom is -0.495 e. The predicted molar refractivity (Wildman–Crippen MR) is 177 cm³/mol. The summed E-state index contributed by atoms with van der Waals surface area (Å²) in [5, 5.41) is 11.8. The van der Waals surface area contributed by atoms with Gasteiger partial charge in [-0.3, -0.25) is 9.69 Å². The number of amides is 1. The highest BCUT2D eigenvalue weighted by Gasteiger charge is 2.27. The van der Waals surface area contributed by atoms with E-state index in [9.17, 15) is 4.79 Å². The van der Waals surface area contributed by atoms with Gasteiger partial charge in [0.15, 0.2) is 5.65 Å². The first-order valence-electron chi connectivity index (χ1n) is 15.6. The molecule has 6 rings (SSSR count). The molecule has 10 nitrogen and oxygen atoms in total. The van der Waals surface area contributed by atoms with E-state index in [0.717, 1.165) is 61.0 Å². The van der Waals surface area contributed by atoms with Gasteiger partial charge in [0, 0.05) is 29.3 Å². The van der Waals surface area contributed by atoms with Gasteiger partial charge in [-0.2, -0.15) is 19.6 Å². The molecule has 232 valence electrons. The van der Waals surface area contributed by atoms with Gasteiger partial charge in [-0.25, -0.2) is 0 Å². The van der Waals surface area contributed by atoms with Crippen molar-refractivity contribution < 1.29 is 9.53 Å². The number of hydrogen-bond acceptors (Lipinski definition) is 9. The number of aryl methyl sites for hydroxylation is 1. The van der Waals surface area contributed by atoms with Crippen LogP contribution >= 0.6 is 11.8 Å². The van der Waals surface area contributed by atoms with Gasteiger partial charge in [0.1, 0.15) is 5.75 Å². The standard InChI is InChI=1S/C33H42N8O2S/c1-22(2)44-29-10-6-5-9-26(29)36-33-38-32(37-30-11-14-34-41(30)33)35-27-19-23(3)25(20-28(27)43-4)24-12-17-40(18-13-24)31(42)21-39-15-7-8-16-39/h5-6,9-11,14,19-20,22,24H,7-8,12-13,15-18,21H2,1-4H3,(H2,35,36,37,38). The number of anilines is 4. The highest BCUT2D eigenvalue weighted by Crippen LogP contribution is 2.38. The average molecular weight is 615 g/mol. The highest BCUT2D eigenvalue weighted by molar-refractivity contribution is 8.00. The van der Waals surface area contributed by atoms with Crippen molar-refractivity contribution in [3.05, 3.63) is 59.8 Å². The summed E-state index contributed by atoms with van der Waals surface area (Å²) in [7, 11) is 1.69. The molecule has 2 saturated heterocycles. The van der Waals surface area contributed by atoms with Crippen LogP contribution in [0.1, 0.15) is 56.6 Å². The smallest absolute Gasteiger partial charge is 0.236 e. The van der Waals surface area contributed by atoms with Gasteiger partial charge in [0.2, 0.25) is 17.8 Å². The Kier molecular flexibility index (Phi) is 9.22. The van der Waals surface area contributed by atoms with Crippen LogP contribution in [0.25, 0.3) is 5.65 Å². The highest BCUT2D eigenvalue weighted by atomic mass is 32.2. The lowest BCUT2D eigenvalue weighted by Crippen LogP contribution is -2.43. The molecule has 2 aliphatic rings. The molecule has 2 N–H and O–H groups in total. The summed E-state index contributed by atoms with van der Waals surface area (Å²) in [4.78, 5) is 27.9. The molecule has 0 spiro atoms. The molecule has 0 atom stereocenters. The molecular weight excluding hydrogens is 572 g/mol. The lowest BCUT2D eigenvalue weighted by molar-refractivity contribution is -0.133. The molecule has 0 aliphatic carbocycles. The maximum absolute atomic E-state index is 12.9. The monoisotopic (exact) mass is 614 g/mol. The summed E-state index contributed by atoms with van der Waals surface area (Å²) in [6.45, 7) is 10.8. The lowest BCUT2D eigenvalue weighted by Gasteiger charge is -2.34. The summed E-state index contributed by atoms with van der Waals surface area (Å²) in [5.74, 6) is 2.41. The van der Waals surface area contributed by atoms with Crippen molar-refractivity contribution in [2.24, 2.45) is 0 Å². The number of nitrogens with one attached hydrogen (secondary N) is 2. The maximum atomic E-state index is 12.9. The first-order valence-corrected chi connectivity index (χ1v) is 16.5. The van der Waals surface area contributed by atoms with Crippen molar-refractivity contribution in [2.45, 2.75) is 62.5 Å². The fourth-order valence-electron chi connectivity index (χ4n) is 6.21. The SMILES string of the molecule is COc1cc(C2CCN(C(=O)CN3CCCC3)CC2)c(C)cc1Nc1nc(Nc2ccccc2SC(C)C)n2nccc2n1. The number of thioether (sulfide) groups is 1. The average Bonchev–Trinajstić information content (AvgIpc) is 3.71. The molecular formula is C33H42N8O2S. The summed E-state index contributed by atoms with van der Waals surface area (Å²) >= 11 is 1.80. The zero-order chi connectivity index (χ0) is 30.6. The number of para-hydroxylation sites is 1. The number of carbonyl (C=O) groups is 1. The van der Waals surface area contributed by atoms with Crippen LogP contribution in [0.5, 0.6) is 5.75 Å². The number of ether oxygens (including phenoxy) is 1. The number of rotatable bonds is 10. The number of likely N-dealkylation sites (tertiary alicyclic amines) is 2. The van der Waals surface area contributed by atoms with E-state index in [-0.39, 0.29) is 5.91 Å². The first-order chi connectivity index (χ1) is 21.4. The van der Waals surface area contributed by atoms with Crippen molar-refractivity contribution >= 4 is 46.6 Å². The second kappa shape index (κ2) is 13.4. The summed E-state index contributed by atoms with van der Waals surface area (Å²) < 4.78 is 7.57. The van der Waals surface area contributed by atoms with Crippen LogP contribution in [0.4, 0.5) is 23.3 Å². The van der Waals surface area contributed by atoms with Crippen LogP contribution in [0, 0.1) is 6.92 Å². The van der Waals surface area contributed by atoms with E-state index in [1.807, 2.05) is 29.2 Å². The van der Waals surface area contributed by atoms with E-state index in [1.165, 1.54) is 24.0 Å². The van der Waals surface area contributed by atoms with Crippen molar-refractivity contribution in [2.75, 3.05) is 50.5 Å². The number of benzene rings is 2. The molecule has 0 radical (unpaired) electrons. The molecule has 0 bridgehead atoms. The summed E-state index contributed by atoms with van der Waals surface area (Å²) in [5.41, 5.74) is 4.90. The van der Waals surface area contributed by atoms with Gasteiger partial charge < -0.3 is 20.3 Å². The van der Waals surface area contributed by atoms with Gasteiger partial charge in [0.25, 0.3) is 0 Å². The third-order valence-corrected chi connectivity index (χ3v) is 9.51. The molecule has 2 aromatic carbocycles. The van der Waals surface area contributed by atoms with Crippen molar-refractivity contribution in [3.63, 3.8) is 0 Å². The zero-order valence-electron chi connectivity index (χ0n) is 26.0. The Labute approximate surface area is 263 Å². The molecule has 0 saturated carbocycles. The summed E-state index contributed by atoms with van der Waals surface area (Å²) in [6, 6.07) is 14.3. The van der Waals surface area contributed by atoms with Gasteiger partial charge in [-0.05, 0) is 87.0 Å². The normalized spacial score (nSPS) is 16.2. The van der Waals surface area contributed by atoms with Gasteiger partial charge in [-0.1, -0.05) is 26.0 Å². The third kappa shape index (κ3) is 6.78. The van der Waals surface area contributed by atoms with Crippen LogP contribution in [0.15, 0.2) is 53.6 Å². The molecule has 4 heterocycles. The van der Waals surface area contributed by atoms with E-state index >= 15 is 0 Å². The van der Waals surface area contributed by atoms with Crippen LogP contribution < -0.4 is 15.4 Å². The molecule has 2 aliphatic heterocycles. The number of fused-ring (bicyclic) bond motifs is 1. The molecule has 1 amide bonds. The summed E-state index contributed by atoms with van der Waals surface area (Å²) in [6.07, 6.45) is 6.04. The van der Waals surface area contributed by atoms with E-state index in [4.69, 9.17) is 14.7 Å². The number of nitrogens with zero attached hydrogens (tertiary/aromatic N) is 6. The molecule has 2 aromatic heterocycles. The Morgan fingerprint density at radius 3 is 2.55 bits per heavy atom. The number of aromatic nitrogens is 4. The van der Waals surface area contributed by atoms with Crippen molar-refractivity contribution in [1.29, 1.82) is 0 Å². The van der Waals surface area contributed by atoms with Crippen molar-refractivity contribution in [1.82, 2.24) is 29.4 Å². The molecule has 44 heavy (non-hydrogen) atoms. The fraction of sp³-hybridized carbons (Fsp3) is 0.455. The zero-order valence-corrected chi connectivity index (χ0v) is 26.9. The van der Waals surface area contributed by atoms with E-state index in [1.54, 1.807) is 29.6 Å². The fourth-order valence-corrected chi connectivity index (χ4v) is 7.12. The van der Waals surface area contributed by atoms with Gasteiger partial charge >= 0.3 is 0 Å². The number of carbonyl (C=O) groups excluding carboxylic acids is 1. The quantitative estimate of drug-likeness (QED) is 0.201. The predicted octanol–water partition coefficient (Wildman–Crippen LogP) is 6.23. The number of methoxy groups -OCH3 is 1. The number of piperidine rings is 1. The van der Waals surface area contributed by atoms with Crippen LogP contribution in [0.2, 0.25) is 0 Å². The topological polar surface area (TPSA) is 99.9 Å². The Hall–Kier alpha value is -3.83. The minimum atomic E-state index is 0.269. The third-order valence-electron chi connectivity index (χ3n) is 8.43. The van der Waals surface area contributed by atoms with Crippen LogP contribution in [0.3, 0.4) is 0 Å². The van der Waals surface area contributed by atoms with Gasteiger partial charge in [0.05, 0.1) is 31.2 Å². The molecule has 2 fully saturated rings. The molecule has 4 aromatic rings. The van der Waals surface area contributed by atoms with E-state index in [2.05, 4.69) is 59.6 Å². The Morgan fingerprint density at radius 1 is 1.02 bits per heavy atom. The number of hydrogen-bond donors (Lipinski definition) is 2. The Morgan fingerprint density at radius 2 is 1.80 bits per heavy atom. The second-order valence-corrected chi connectivity index (χ2v) is 13.6. The lowest BCUT2D eigenvalue weighted by atomic mass is 9.86.